The summed E-state index contributed by atoms with van der Waals surface area (Å²) in [7, 11) is 0. The molecule has 6 heteroatoms. The van der Waals surface area contributed by atoms with Crippen molar-refractivity contribution in [3.05, 3.63) is 70.8 Å². The molecule has 1 atom stereocenters. The molecule has 1 aliphatic rings. The minimum Gasteiger partial charge on any atom is -0.326 e. The number of carbonyl (C=O) groups excluding carboxylic acids is 3. The first-order valence-electron chi connectivity index (χ1n) is 7.90. The SMILES string of the molecule is NC(Cc1ccc(C(=O)CCl)cc1)CN1C(=O)c2ccccc2C1=O. The Hall–Kier alpha value is -2.50. The van der Waals surface area contributed by atoms with Gasteiger partial charge in [0.1, 0.15) is 0 Å². The monoisotopic (exact) mass is 356 g/mol. The van der Waals surface area contributed by atoms with Crippen molar-refractivity contribution < 1.29 is 14.4 Å². The molecule has 5 nitrogen and oxygen atoms in total. The number of Topliss-reactive ketones (excluding diaryl/α,β-unsaturated/α-hetero) is 1. The average Bonchev–Trinajstić information content (AvgIpc) is 2.87. The fourth-order valence-electron chi connectivity index (χ4n) is 2.91. The van der Waals surface area contributed by atoms with E-state index in [0.717, 1.165) is 5.56 Å². The summed E-state index contributed by atoms with van der Waals surface area (Å²) in [6.45, 7) is 0.148. The highest BCUT2D eigenvalue weighted by Crippen LogP contribution is 2.22. The molecule has 0 saturated heterocycles. The van der Waals surface area contributed by atoms with E-state index < -0.39 is 6.04 Å². The number of imide groups is 1. The predicted molar refractivity (Wildman–Crippen MR) is 95.0 cm³/mol. The van der Waals surface area contributed by atoms with Crippen LogP contribution in [0.25, 0.3) is 0 Å². The molecule has 2 aromatic carbocycles. The van der Waals surface area contributed by atoms with E-state index >= 15 is 0 Å². The lowest BCUT2D eigenvalue weighted by molar-refractivity contribution is 0.0644. The summed E-state index contributed by atoms with van der Waals surface area (Å²) in [5.74, 6) is -0.805. The number of alkyl halides is 1. The van der Waals surface area contributed by atoms with Crippen molar-refractivity contribution in [3.8, 4) is 0 Å². The van der Waals surface area contributed by atoms with Gasteiger partial charge in [-0.15, -0.1) is 11.6 Å². The van der Waals surface area contributed by atoms with E-state index in [9.17, 15) is 14.4 Å². The Morgan fingerprint density at radius 3 is 2.08 bits per heavy atom. The predicted octanol–water partition coefficient (Wildman–Crippen LogP) is 2.27. The number of rotatable bonds is 6. The third kappa shape index (κ3) is 3.48. The van der Waals surface area contributed by atoms with Crippen molar-refractivity contribution in [2.24, 2.45) is 5.73 Å². The fourth-order valence-corrected chi connectivity index (χ4v) is 3.06. The molecule has 0 aliphatic carbocycles. The Morgan fingerprint density at radius 2 is 1.56 bits per heavy atom. The first-order valence-corrected chi connectivity index (χ1v) is 8.43. The Morgan fingerprint density at radius 1 is 1.00 bits per heavy atom. The molecule has 1 heterocycles. The molecule has 25 heavy (non-hydrogen) atoms. The van der Waals surface area contributed by atoms with E-state index in [4.69, 9.17) is 17.3 Å². The number of ketones is 1. The van der Waals surface area contributed by atoms with E-state index in [-0.39, 0.29) is 30.0 Å². The van der Waals surface area contributed by atoms with Crippen LogP contribution in [0.2, 0.25) is 0 Å². The average molecular weight is 357 g/mol. The smallest absolute Gasteiger partial charge is 0.261 e. The molecule has 128 valence electrons. The zero-order valence-electron chi connectivity index (χ0n) is 13.4. The zero-order valence-corrected chi connectivity index (χ0v) is 14.2. The van der Waals surface area contributed by atoms with Crippen LogP contribution >= 0.6 is 11.6 Å². The minimum atomic E-state index is -0.392. The zero-order chi connectivity index (χ0) is 18.0. The molecule has 1 unspecified atom stereocenters. The minimum absolute atomic E-state index is 0.0569. The Labute approximate surface area is 150 Å². The summed E-state index contributed by atoms with van der Waals surface area (Å²) < 4.78 is 0. The second-order valence-corrected chi connectivity index (χ2v) is 6.25. The van der Waals surface area contributed by atoms with Gasteiger partial charge in [0.2, 0.25) is 0 Å². The van der Waals surface area contributed by atoms with Crippen molar-refractivity contribution in [1.82, 2.24) is 4.90 Å². The van der Waals surface area contributed by atoms with Gasteiger partial charge in [-0.05, 0) is 24.1 Å². The summed E-state index contributed by atoms with van der Waals surface area (Å²) in [6, 6.07) is 13.4. The quantitative estimate of drug-likeness (QED) is 0.489. The van der Waals surface area contributed by atoms with E-state index in [0.29, 0.717) is 23.1 Å². The molecule has 0 saturated carbocycles. The highest BCUT2D eigenvalue weighted by molar-refractivity contribution is 6.30. The summed E-state index contributed by atoms with van der Waals surface area (Å²) in [6.07, 6.45) is 0.489. The van der Waals surface area contributed by atoms with Crippen LogP contribution in [0, 0.1) is 0 Å². The molecular weight excluding hydrogens is 340 g/mol. The van der Waals surface area contributed by atoms with Crippen LogP contribution in [0.15, 0.2) is 48.5 Å². The van der Waals surface area contributed by atoms with E-state index in [1.807, 2.05) is 12.1 Å². The molecule has 2 aromatic rings. The molecule has 0 radical (unpaired) electrons. The second kappa shape index (κ2) is 7.17. The number of amides is 2. The maximum absolute atomic E-state index is 12.3. The highest BCUT2D eigenvalue weighted by atomic mass is 35.5. The van der Waals surface area contributed by atoms with Crippen LogP contribution in [0.1, 0.15) is 36.6 Å². The number of halogens is 1. The topological polar surface area (TPSA) is 80.5 Å². The van der Waals surface area contributed by atoms with Crippen molar-refractivity contribution in [3.63, 3.8) is 0 Å². The Bertz CT molecular complexity index is 798. The van der Waals surface area contributed by atoms with E-state index in [1.165, 1.54) is 4.90 Å². The van der Waals surface area contributed by atoms with Crippen molar-refractivity contribution in [1.29, 1.82) is 0 Å². The highest BCUT2D eigenvalue weighted by Gasteiger charge is 2.35. The lowest BCUT2D eigenvalue weighted by Crippen LogP contribution is -2.41. The Balaban J connectivity index is 1.65. The van der Waals surface area contributed by atoms with Crippen molar-refractivity contribution >= 4 is 29.2 Å². The number of fused-ring (bicyclic) bond motifs is 1. The van der Waals surface area contributed by atoms with Gasteiger partial charge in [-0.25, -0.2) is 0 Å². The molecule has 1 aliphatic heterocycles. The fraction of sp³-hybridized carbons (Fsp3) is 0.211. The number of nitrogens with zero attached hydrogens (tertiary/aromatic N) is 1. The first kappa shape index (κ1) is 17.3. The summed E-state index contributed by atoms with van der Waals surface area (Å²) in [5, 5.41) is 0. The molecule has 0 aromatic heterocycles. The molecule has 3 rings (SSSR count). The molecule has 2 amide bonds. The largest absolute Gasteiger partial charge is 0.326 e. The van der Waals surface area contributed by atoms with E-state index in [1.54, 1.807) is 36.4 Å². The standard InChI is InChI=1S/C19H17ClN2O3/c20-10-17(23)13-7-5-12(6-8-13)9-14(21)11-22-18(24)15-3-1-2-4-16(15)19(22)25/h1-8,14H,9-11,21H2. The summed E-state index contributed by atoms with van der Waals surface area (Å²) in [4.78, 5) is 37.4. The number of carbonyl (C=O) groups is 3. The molecule has 0 spiro atoms. The van der Waals surface area contributed by atoms with Gasteiger partial charge in [-0.2, -0.15) is 0 Å². The van der Waals surface area contributed by atoms with Gasteiger partial charge in [-0.3, -0.25) is 19.3 Å². The van der Waals surface area contributed by atoms with Gasteiger partial charge in [0.15, 0.2) is 5.78 Å². The maximum Gasteiger partial charge on any atom is 0.261 e. The molecule has 0 fully saturated rings. The lowest BCUT2D eigenvalue weighted by atomic mass is 10.0. The lowest BCUT2D eigenvalue weighted by Gasteiger charge is -2.19. The van der Waals surface area contributed by atoms with Gasteiger partial charge in [0.05, 0.1) is 17.0 Å². The van der Waals surface area contributed by atoms with Gasteiger partial charge >= 0.3 is 0 Å². The van der Waals surface area contributed by atoms with Crippen LogP contribution in [0.3, 0.4) is 0 Å². The van der Waals surface area contributed by atoms with Gasteiger partial charge in [-0.1, -0.05) is 36.4 Å². The van der Waals surface area contributed by atoms with Crippen LogP contribution in [-0.2, 0) is 6.42 Å². The number of benzene rings is 2. The van der Waals surface area contributed by atoms with Gasteiger partial charge in [0, 0.05) is 18.2 Å². The number of nitrogens with two attached hydrogens (primary N) is 1. The second-order valence-electron chi connectivity index (χ2n) is 5.98. The van der Waals surface area contributed by atoms with Crippen molar-refractivity contribution in [2.45, 2.75) is 12.5 Å². The van der Waals surface area contributed by atoms with E-state index in [2.05, 4.69) is 0 Å². The molecular formula is C19H17ClN2O3. The third-order valence-corrected chi connectivity index (χ3v) is 4.43. The molecule has 0 bridgehead atoms. The third-order valence-electron chi connectivity index (χ3n) is 4.19. The normalized spacial score (nSPS) is 14.6. The number of hydrogen-bond donors (Lipinski definition) is 1. The molecule has 2 N–H and O–H groups in total. The summed E-state index contributed by atoms with van der Waals surface area (Å²) >= 11 is 5.53. The van der Waals surface area contributed by atoms with Gasteiger partial charge in [0.25, 0.3) is 11.8 Å². The van der Waals surface area contributed by atoms with Crippen LogP contribution in [-0.4, -0.2) is 41.0 Å². The first-order chi connectivity index (χ1) is 12.0. The van der Waals surface area contributed by atoms with Crippen LogP contribution in [0.5, 0.6) is 0 Å². The number of hydrogen-bond acceptors (Lipinski definition) is 4. The summed E-state index contributed by atoms with van der Waals surface area (Å²) in [5.41, 5.74) is 8.45. The van der Waals surface area contributed by atoms with Crippen LogP contribution < -0.4 is 5.73 Å². The van der Waals surface area contributed by atoms with Crippen LogP contribution in [0.4, 0.5) is 0 Å². The van der Waals surface area contributed by atoms with Crippen molar-refractivity contribution in [2.75, 3.05) is 12.4 Å². The Kier molecular flexibility index (Phi) is 4.97. The van der Waals surface area contributed by atoms with Gasteiger partial charge < -0.3 is 5.73 Å². The maximum atomic E-state index is 12.3.